The van der Waals surface area contributed by atoms with Crippen LogP contribution >= 0.6 is 31.9 Å². The number of alkyl halides is 1. The fraction of sp³-hybridized carbons (Fsp3) is 0.600. The van der Waals surface area contributed by atoms with Crippen LogP contribution in [0, 0.1) is 25.2 Å². The van der Waals surface area contributed by atoms with Crippen LogP contribution in [0.2, 0.25) is 0 Å². The van der Waals surface area contributed by atoms with Crippen molar-refractivity contribution in [3.05, 3.63) is 27.2 Å². The summed E-state index contributed by atoms with van der Waals surface area (Å²) in [5, 5.41) is 0. The van der Waals surface area contributed by atoms with Gasteiger partial charge in [-0.05, 0) is 48.8 Å². The van der Waals surface area contributed by atoms with Crippen molar-refractivity contribution in [2.45, 2.75) is 38.9 Å². The Bertz CT molecular complexity index is 480. The van der Waals surface area contributed by atoms with Gasteiger partial charge in [0.05, 0.1) is 7.11 Å². The molecule has 2 rings (SSSR count). The minimum absolute atomic E-state index is 0.374. The highest BCUT2D eigenvalue weighted by Crippen LogP contribution is 2.62. The Labute approximate surface area is 127 Å². The standard InChI is InChI=1S/C15H20Br2O/c1-8-6-11(16)9(2)12(14(8)18-5)13(17)10-7-15(10,3)4/h6,10,13H,7H2,1-5H3. The van der Waals surface area contributed by atoms with Crippen molar-refractivity contribution < 1.29 is 4.74 Å². The van der Waals surface area contributed by atoms with E-state index in [1.54, 1.807) is 7.11 Å². The van der Waals surface area contributed by atoms with Crippen LogP contribution in [0.25, 0.3) is 0 Å². The normalized spacial score (nSPS) is 22.7. The van der Waals surface area contributed by atoms with E-state index in [1.165, 1.54) is 27.6 Å². The van der Waals surface area contributed by atoms with Crippen molar-refractivity contribution in [2.75, 3.05) is 7.11 Å². The van der Waals surface area contributed by atoms with Gasteiger partial charge in [0.1, 0.15) is 5.75 Å². The van der Waals surface area contributed by atoms with Crippen molar-refractivity contribution in [3.8, 4) is 5.75 Å². The fourth-order valence-corrected chi connectivity index (χ4v) is 4.70. The maximum Gasteiger partial charge on any atom is 0.126 e. The molecule has 1 nitrogen and oxygen atoms in total. The monoisotopic (exact) mass is 374 g/mol. The summed E-state index contributed by atoms with van der Waals surface area (Å²) < 4.78 is 6.79. The molecule has 0 aliphatic heterocycles. The first-order chi connectivity index (χ1) is 8.29. The van der Waals surface area contributed by atoms with Gasteiger partial charge < -0.3 is 4.74 Å². The van der Waals surface area contributed by atoms with Gasteiger partial charge >= 0.3 is 0 Å². The van der Waals surface area contributed by atoms with Crippen LogP contribution in [0.3, 0.4) is 0 Å². The maximum absolute atomic E-state index is 5.63. The molecule has 0 radical (unpaired) electrons. The molecule has 1 aliphatic rings. The van der Waals surface area contributed by atoms with Crippen molar-refractivity contribution >= 4 is 31.9 Å². The van der Waals surface area contributed by atoms with Gasteiger partial charge in [-0.25, -0.2) is 0 Å². The lowest BCUT2D eigenvalue weighted by molar-refractivity contribution is 0.403. The summed E-state index contributed by atoms with van der Waals surface area (Å²) in [6.07, 6.45) is 1.27. The second-order valence-corrected chi connectivity index (χ2v) is 7.79. The first-order valence-electron chi connectivity index (χ1n) is 6.27. The van der Waals surface area contributed by atoms with E-state index in [4.69, 9.17) is 4.74 Å². The van der Waals surface area contributed by atoms with Gasteiger partial charge in [-0.3, -0.25) is 0 Å². The maximum atomic E-state index is 5.63. The molecule has 0 bridgehead atoms. The number of hydrogen-bond acceptors (Lipinski definition) is 1. The minimum Gasteiger partial charge on any atom is -0.496 e. The molecular formula is C15H20Br2O. The second-order valence-electron chi connectivity index (χ2n) is 5.95. The zero-order valence-corrected chi connectivity index (χ0v) is 14.8. The van der Waals surface area contributed by atoms with Crippen LogP contribution in [0.1, 0.15) is 41.8 Å². The lowest BCUT2D eigenvalue weighted by Crippen LogP contribution is -2.05. The van der Waals surface area contributed by atoms with Gasteiger partial charge in [0.25, 0.3) is 0 Å². The zero-order chi connectivity index (χ0) is 13.7. The number of benzene rings is 1. The summed E-state index contributed by atoms with van der Waals surface area (Å²) in [5.74, 6) is 1.72. The van der Waals surface area contributed by atoms with E-state index in [0.29, 0.717) is 16.2 Å². The van der Waals surface area contributed by atoms with E-state index in [1.807, 2.05) is 0 Å². The fourth-order valence-electron chi connectivity index (χ4n) is 2.69. The molecule has 1 fully saturated rings. The zero-order valence-electron chi connectivity index (χ0n) is 11.6. The van der Waals surface area contributed by atoms with Gasteiger partial charge in [0.2, 0.25) is 0 Å². The van der Waals surface area contributed by atoms with Crippen LogP contribution in [0.5, 0.6) is 5.75 Å². The SMILES string of the molecule is COc1c(C)cc(Br)c(C)c1C(Br)C1CC1(C)C. The molecule has 1 aromatic carbocycles. The van der Waals surface area contributed by atoms with Crippen molar-refractivity contribution in [3.63, 3.8) is 0 Å². The summed E-state index contributed by atoms with van der Waals surface area (Å²) in [7, 11) is 1.76. The highest BCUT2D eigenvalue weighted by Gasteiger charge is 2.50. The van der Waals surface area contributed by atoms with Crippen molar-refractivity contribution in [2.24, 2.45) is 11.3 Å². The smallest absolute Gasteiger partial charge is 0.126 e. The van der Waals surface area contributed by atoms with Crippen LogP contribution in [0.15, 0.2) is 10.5 Å². The molecule has 1 aromatic rings. The third-order valence-electron chi connectivity index (χ3n) is 4.13. The molecular weight excluding hydrogens is 356 g/mol. The third-order valence-corrected chi connectivity index (χ3v) is 6.05. The topological polar surface area (TPSA) is 9.23 Å². The number of methoxy groups -OCH3 is 1. The molecule has 1 saturated carbocycles. The van der Waals surface area contributed by atoms with Crippen LogP contribution in [0.4, 0.5) is 0 Å². The summed E-state index contributed by atoms with van der Waals surface area (Å²) in [4.78, 5) is 0.374. The van der Waals surface area contributed by atoms with Gasteiger partial charge in [-0.2, -0.15) is 0 Å². The van der Waals surface area contributed by atoms with E-state index in [2.05, 4.69) is 65.6 Å². The Morgan fingerprint density at radius 1 is 1.39 bits per heavy atom. The van der Waals surface area contributed by atoms with E-state index in [0.717, 1.165) is 5.75 Å². The average Bonchev–Trinajstić information content (AvgIpc) is 2.91. The molecule has 0 spiro atoms. The molecule has 2 atom stereocenters. The number of ether oxygens (including phenoxy) is 1. The number of aryl methyl sites for hydroxylation is 1. The van der Waals surface area contributed by atoms with Gasteiger partial charge in [0, 0.05) is 14.9 Å². The van der Waals surface area contributed by atoms with Crippen molar-refractivity contribution in [1.29, 1.82) is 0 Å². The molecule has 0 amide bonds. The van der Waals surface area contributed by atoms with E-state index in [9.17, 15) is 0 Å². The van der Waals surface area contributed by atoms with E-state index >= 15 is 0 Å². The minimum atomic E-state index is 0.374. The highest BCUT2D eigenvalue weighted by molar-refractivity contribution is 9.10. The third kappa shape index (κ3) is 2.36. The summed E-state index contributed by atoms with van der Waals surface area (Å²) in [5.41, 5.74) is 4.22. The first-order valence-corrected chi connectivity index (χ1v) is 7.98. The predicted octanol–water partition coefficient (Wildman–Crippen LogP) is 5.56. The Balaban J connectivity index is 2.49. The van der Waals surface area contributed by atoms with Gasteiger partial charge in [-0.1, -0.05) is 45.7 Å². The van der Waals surface area contributed by atoms with Crippen molar-refractivity contribution in [1.82, 2.24) is 0 Å². The number of halogens is 2. The Kier molecular flexibility index (Phi) is 3.86. The molecule has 0 aromatic heterocycles. The Morgan fingerprint density at radius 2 is 1.94 bits per heavy atom. The summed E-state index contributed by atoms with van der Waals surface area (Å²) in [6.45, 7) is 8.92. The largest absolute Gasteiger partial charge is 0.496 e. The first kappa shape index (κ1) is 14.4. The number of hydrogen-bond donors (Lipinski definition) is 0. The Hall–Kier alpha value is -0.0200. The predicted molar refractivity (Wildman–Crippen MR) is 83.7 cm³/mol. The molecule has 0 saturated heterocycles. The van der Waals surface area contributed by atoms with Crippen LogP contribution in [-0.4, -0.2) is 7.11 Å². The summed E-state index contributed by atoms with van der Waals surface area (Å²) in [6, 6.07) is 2.13. The lowest BCUT2D eigenvalue weighted by atomic mass is 9.96. The second kappa shape index (κ2) is 4.82. The quantitative estimate of drug-likeness (QED) is 0.628. The van der Waals surface area contributed by atoms with E-state index < -0.39 is 0 Å². The van der Waals surface area contributed by atoms with Gasteiger partial charge in [0.15, 0.2) is 0 Å². The number of rotatable bonds is 3. The van der Waals surface area contributed by atoms with Crippen LogP contribution in [-0.2, 0) is 0 Å². The van der Waals surface area contributed by atoms with Gasteiger partial charge in [-0.15, -0.1) is 0 Å². The molecule has 100 valence electrons. The molecule has 1 aliphatic carbocycles. The molecule has 0 heterocycles. The molecule has 0 N–H and O–H groups in total. The molecule has 2 unspecified atom stereocenters. The van der Waals surface area contributed by atoms with Crippen LogP contribution < -0.4 is 4.74 Å². The summed E-state index contributed by atoms with van der Waals surface area (Å²) >= 11 is 7.55. The average molecular weight is 376 g/mol. The highest BCUT2D eigenvalue weighted by atomic mass is 79.9. The molecule has 18 heavy (non-hydrogen) atoms. The lowest BCUT2D eigenvalue weighted by Gasteiger charge is -2.21. The molecule has 3 heteroatoms. The van der Waals surface area contributed by atoms with E-state index in [-0.39, 0.29) is 0 Å². The Morgan fingerprint density at radius 3 is 2.39 bits per heavy atom.